The van der Waals surface area contributed by atoms with Crippen LogP contribution in [0.1, 0.15) is 45.7 Å². The number of aryl methyl sites for hydroxylation is 1. The smallest absolute Gasteiger partial charge is 0.194 e. The first kappa shape index (κ1) is 21.7. The topological polar surface area (TPSA) is 92.8 Å². The summed E-state index contributed by atoms with van der Waals surface area (Å²) in [4.78, 5) is 23.3. The number of H-pyrrole nitrogens is 1. The van der Waals surface area contributed by atoms with Crippen LogP contribution in [0.2, 0.25) is 0 Å². The quantitative estimate of drug-likeness (QED) is 0.422. The molecule has 0 radical (unpaired) electrons. The number of piperidine rings is 1. The van der Waals surface area contributed by atoms with E-state index in [9.17, 15) is 9.18 Å². The fourth-order valence-electron chi connectivity index (χ4n) is 5.11. The Kier molecular flexibility index (Phi) is 5.25. The molecule has 6 rings (SSSR count). The number of carbonyl (C=O) groups is 1. The third kappa shape index (κ3) is 4.04. The van der Waals surface area contributed by atoms with E-state index in [1.54, 1.807) is 10.9 Å². The molecule has 0 spiro atoms. The van der Waals surface area contributed by atoms with Gasteiger partial charge in [0.1, 0.15) is 17.8 Å². The summed E-state index contributed by atoms with van der Waals surface area (Å²) in [6.45, 7) is 4.28. The molecule has 4 aromatic rings. The zero-order valence-electron chi connectivity index (χ0n) is 19.6. The summed E-state index contributed by atoms with van der Waals surface area (Å²) in [5.74, 6) is 1.05. The number of halogens is 1. The van der Waals surface area contributed by atoms with Crippen molar-refractivity contribution in [1.82, 2.24) is 24.6 Å². The third-order valence-electron chi connectivity index (χ3n) is 7.02. The number of fused-ring (bicyclic) bond motifs is 2. The largest absolute Gasteiger partial charge is 0.383 e. The van der Waals surface area contributed by atoms with Gasteiger partial charge in [0.2, 0.25) is 0 Å². The van der Waals surface area contributed by atoms with E-state index in [0.717, 1.165) is 53.3 Å². The molecule has 3 N–H and O–H groups in total. The standard InChI is InChI=1S/C27H27FN6O/c1-16-31-24-5-4-22(13-25(24)32-16)34-27(29)23(14-30-34)26(35)20-11-18-3-2-17(10-19(18)12-20)15-33-8-6-21(28)7-9-33/h2-5,10,12-14,21H,6-9,11,15,29H2,1H3,(H,31,32). The predicted octanol–water partition coefficient (Wildman–Crippen LogP) is 4.40. The van der Waals surface area contributed by atoms with E-state index < -0.39 is 6.17 Å². The van der Waals surface area contributed by atoms with Crippen molar-refractivity contribution in [2.75, 3.05) is 18.8 Å². The van der Waals surface area contributed by atoms with Crippen LogP contribution < -0.4 is 5.73 Å². The molecular formula is C27H27FN6O. The van der Waals surface area contributed by atoms with Crippen molar-refractivity contribution < 1.29 is 9.18 Å². The highest BCUT2D eigenvalue weighted by molar-refractivity contribution is 6.15. The normalized spacial score (nSPS) is 16.6. The van der Waals surface area contributed by atoms with Gasteiger partial charge in [-0.15, -0.1) is 0 Å². The van der Waals surface area contributed by atoms with Gasteiger partial charge in [-0.1, -0.05) is 18.2 Å². The molecule has 0 unspecified atom stereocenters. The first-order valence-corrected chi connectivity index (χ1v) is 12.0. The zero-order chi connectivity index (χ0) is 24.1. The van der Waals surface area contributed by atoms with Crippen LogP contribution in [0.15, 0.2) is 48.2 Å². The molecule has 0 saturated carbocycles. The van der Waals surface area contributed by atoms with Gasteiger partial charge in [0.25, 0.3) is 0 Å². The molecule has 1 aliphatic carbocycles. The average Bonchev–Trinajstić information content (AvgIpc) is 3.55. The molecule has 178 valence electrons. The Balaban J connectivity index is 1.22. The van der Waals surface area contributed by atoms with Crippen LogP contribution >= 0.6 is 0 Å². The second-order valence-electron chi connectivity index (χ2n) is 9.54. The summed E-state index contributed by atoms with van der Waals surface area (Å²) >= 11 is 0. The second-order valence-corrected chi connectivity index (χ2v) is 9.54. The van der Waals surface area contributed by atoms with E-state index in [0.29, 0.717) is 36.2 Å². The lowest BCUT2D eigenvalue weighted by atomic mass is 10.0. The maximum absolute atomic E-state index is 13.4. The van der Waals surface area contributed by atoms with Crippen molar-refractivity contribution in [3.8, 4) is 5.69 Å². The first-order valence-electron chi connectivity index (χ1n) is 12.0. The van der Waals surface area contributed by atoms with E-state index in [1.807, 2.05) is 31.2 Å². The van der Waals surface area contributed by atoms with Crippen LogP contribution in [0.4, 0.5) is 10.2 Å². The molecule has 2 aromatic carbocycles. The maximum Gasteiger partial charge on any atom is 0.194 e. The molecule has 1 fully saturated rings. The summed E-state index contributed by atoms with van der Waals surface area (Å²) in [7, 11) is 0. The number of aromatic amines is 1. The van der Waals surface area contributed by atoms with Gasteiger partial charge in [0.15, 0.2) is 5.78 Å². The molecule has 0 atom stereocenters. The predicted molar refractivity (Wildman–Crippen MR) is 134 cm³/mol. The van der Waals surface area contributed by atoms with Crippen LogP contribution in [0, 0.1) is 6.92 Å². The minimum absolute atomic E-state index is 0.102. The van der Waals surface area contributed by atoms with Crippen LogP contribution in [0.3, 0.4) is 0 Å². The van der Waals surface area contributed by atoms with Crippen molar-refractivity contribution >= 4 is 28.7 Å². The molecule has 3 heterocycles. The number of imidazole rings is 1. The number of rotatable bonds is 5. The molecule has 0 amide bonds. The van der Waals surface area contributed by atoms with E-state index in [1.165, 1.54) is 5.56 Å². The number of aromatic nitrogens is 4. The number of ketones is 1. The Morgan fingerprint density at radius 1 is 1.20 bits per heavy atom. The lowest BCUT2D eigenvalue weighted by molar-refractivity contribution is 0.103. The molecule has 1 saturated heterocycles. The zero-order valence-corrected chi connectivity index (χ0v) is 19.6. The van der Waals surface area contributed by atoms with Crippen LogP contribution in [0.25, 0.3) is 22.8 Å². The highest BCUT2D eigenvalue weighted by atomic mass is 19.1. The lowest BCUT2D eigenvalue weighted by Gasteiger charge is -2.28. The van der Waals surface area contributed by atoms with Crippen LogP contribution in [0.5, 0.6) is 0 Å². The number of carbonyl (C=O) groups excluding carboxylic acids is 1. The van der Waals surface area contributed by atoms with Gasteiger partial charge in [-0.3, -0.25) is 9.69 Å². The third-order valence-corrected chi connectivity index (χ3v) is 7.02. The number of alkyl halides is 1. The SMILES string of the molecule is Cc1nc2ccc(-n3ncc(C(=O)C4=Cc5cc(CN6CCC(F)CC6)ccc5C4)c3N)cc2[nH]1. The summed E-state index contributed by atoms with van der Waals surface area (Å²) in [5.41, 5.74) is 13.4. The fourth-order valence-corrected chi connectivity index (χ4v) is 5.11. The number of nitrogens with one attached hydrogen (secondary N) is 1. The monoisotopic (exact) mass is 470 g/mol. The van der Waals surface area contributed by atoms with Gasteiger partial charge in [-0.2, -0.15) is 5.10 Å². The number of benzene rings is 2. The maximum atomic E-state index is 13.4. The average molecular weight is 471 g/mol. The molecule has 35 heavy (non-hydrogen) atoms. The van der Waals surface area contributed by atoms with E-state index in [2.05, 4.69) is 38.2 Å². The lowest BCUT2D eigenvalue weighted by Crippen LogP contribution is -2.33. The van der Waals surface area contributed by atoms with E-state index in [4.69, 9.17) is 5.73 Å². The number of likely N-dealkylation sites (tertiary alicyclic amines) is 1. The number of nitrogens with two attached hydrogens (primary N) is 1. The summed E-state index contributed by atoms with van der Waals surface area (Å²) < 4.78 is 15.0. The highest BCUT2D eigenvalue weighted by Gasteiger charge is 2.25. The Hall–Kier alpha value is -3.78. The van der Waals surface area contributed by atoms with Crippen molar-refractivity contribution in [3.63, 3.8) is 0 Å². The number of hydrogen-bond acceptors (Lipinski definition) is 5. The number of nitrogens with zero attached hydrogens (tertiary/aromatic N) is 4. The Bertz CT molecular complexity index is 1470. The number of anilines is 1. The Labute approximate surface area is 202 Å². The Morgan fingerprint density at radius 2 is 2.03 bits per heavy atom. The van der Waals surface area contributed by atoms with Gasteiger partial charge in [-0.25, -0.2) is 14.1 Å². The molecule has 2 aliphatic rings. The van der Waals surface area contributed by atoms with Crippen molar-refractivity contribution in [2.45, 2.75) is 38.9 Å². The second kappa shape index (κ2) is 8.46. The van der Waals surface area contributed by atoms with Crippen LogP contribution in [-0.4, -0.2) is 49.7 Å². The number of nitrogen functional groups attached to an aromatic ring is 1. The first-order chi connectivity index (χ1) is 16.9. The minimum Gasteiger partial charge on any atom is -0.383 e. The van der Waals surface area contributed by atoms with Gasteiger partial charge in [-0.05, 0) is 60.7 Å². The van der Waals surface area contributed by atoms with Gasteiger partial charge in [0, 0.05) is 31.6 Å². The molecule has 1 aliphatic heterocycles. The van der Waals surface area contributed by atoms with E-state index in [-0.39, 0.29) is 5.78 Å². The summed E-state index contributed by atoms with van der Waals surface area (Å²) in [6.07, 6.45) is 4.62. The van der Waals surface area contributed by atoms with Gasteiger partial charge in [0.05, 0.1) is 28.5 Å². The van der Waals surface area contributed by atoms with E-state index >= 15 is 0 Å². The highest BCUT2D eigenvalue weighted by Crippen LogP contribution is 2.31. The van der Waals surface area contributed by atoms with Gasteiger partial charge < -0.3 is 10.7 Å². The number of Topliss-reactive ketones (excluding diaryl/α,β-unsaturated/α-hetero) is 1. The van der Waals surface area contributed by atoms with Gasteiger partial charge >= 0.3 is 0 Å². The molecule has 0 bridgehead atoms. The minimum atomic E-state index is -0.669. The molecular weight excluding hydrogens is 443 g/mol. The van der Waals surface area contributed by atoms with Crippen molar-refractivity contribution in [3.05, 3.63) is 76.2 Å². The molecule has 7 nitrogen and oxygen atoms in total. The fraction of sp³-hybridized carbons (Fsp3) is 0.296. The summed E-state index contributed by atoms with van der Waals surface area (Å²) in [6, 6.07) is 12.1. The number of hydrogen-bond donors (Lipinski definition) is 2. The molecule has 2 aromatic heterocycles. The van der Waals surface area contributed by atoms with Crippen molar-refractivity contribution in [1.29, 1.82) is 0 Å². The summed E-state index contributed by atoms with van der Waals surface area (Å²) in [5, 5.41) is 4.40. The Morgan fingerprint density at radius 3 is 2.86 bits per heavy atom. The van der Waals surface area contributed by atoms with Crippen LogP contribution in [-0.2, 0) is 13.0 Å². The van der Waals surface area contributed by atoms with Crippen molar-refractivity contribution in [2.24, 2.45) is 0 Å². The molecule has 8 heteroatoms. The number of allylic oxidation sites excluding steroid dienone is 1.